The van der Waals surface area contributed by atoms with Gasteiger partial charge in [-0.2, -0.15) is 0 Å². The van der Waals surface area contributed by atoms with Gasteiger partial charge in [-0.25, -0.2) is 0 Å². The molecule has 0 unspecified atom stereocenters. The summed E-state index contributed by atoms with van der Waals surface area (Å²) in [5, 5.41) is 409. The molecule has 0 bridgehead atoms. The summed E-state index contributed by atoms with van der Waals surface area (Å²) in [6, 6.07) is -3.80. The number of ether oxygens (including phenoxy) is 23. The van der Waals surface area contributed by atoms with Gasteiger partial charge in [0.15, 0.2) is 75.5 Å². The third-order valence-electron chi connectivity index (χ3n) is 25.9. The van der Waals surface area contributed by atoms with E-state index in [1.165, 1.54) is 0 Å². The molecule has 12 rings (SSSR count). The maximum absolute atomic E-state index is 13.3. The molecule has 60 atom stereocenters. The highest BCUT2D eigenvalue weighted by Crippen LogP contribution is 2.43. The van der Waals surface area contributed by atoms with Crippen molar-refractivity contribution in [3.8, 4) is 0 Å². The first-order valence-corrected chi connectivity index (χ1v) is 44.2. The zero-order valence-electron chi connectivity index (χ0n) is 73.4. The van der Waals surface area contributed by atoms with Crippen molar-refractivity contribution in [2.75, 3.05) is 79.3 Å². The lowest BCUT2D eigenvalue weighted by atomic mass is 9.93. The normalized spacial score (nSPS) is 51.9. The molecule has 0 aromatic rings. The maximum atomic E-state index is 13.3. The van der Waals surface area contributed by atoms with Crippen LogP contribution in [0.4, 0.5) is 0 Å². The van der Waals surface area contributed by atoms with E-state index in [0.29, 0.717) is 0 Å². The zero-order chi connectivity index (χ0) is 102. The molecule has 63 nitrogen and oxygen atoms in total. The van der Waals surface area contributed by atoms with Gasteiger partial charge >= 0.3 is 0 Å². The lowest BCUT2D eigenvalue weighted by Gasteiger charge is -2.52. The molecule has 12 heterocycles. The van der Waals surface area contributed by atoms with Crippen LogP contribution in [0.15, 0.2) is 0 Å². The molecular formula is C76H128N2O61. The summed E-state index contributed by atoms with van der Waals surface area (Å²) in [4.78, 5) is 25.6. The van der Waals surface area contributed by atoms with Crippen molar-refractivity contribution in [1.29, 1.82) is 0 Å². The van der Waals surface area contributed by atoms with Gasteiger partial charge in [0, 0.05) is 13.8 Å². The monoisotopic (exact) mass is 2040 g/mol. The molecule has 12 fully saturated rings. The average molecular weight is 2050 g/mol. The first kappa shape index (κ1) is 114. The fourth-order valence-corrected chi connectivity index (χ4v) is 17.9. The Morgan fingerprint density at radius 1 is 0.187 bits per heavy atom. The number of carbonyl (C=O) groups is 2. The molecule has 0 aliphatic carbocycles. The number of hydrogen-bond donors (Lipinski definition) is 38. The summed E-state index contributed by atoms with van der Waals surface area (Å²) in [6.45, 7) is -12.6. The van der Waals surface area contributed by atoms with E-state index < -0.39 is 459 Å². The second-order valence-corrected chi connectivity index (χ2v) is 35.2. The van der Waals surface area contributed by atoms with Crippen LogP contribution in [0.25, 0.3) is 0 Å². The Hall–Kier alpha value is -3.42. The number of carbonyl (C=O) groups excluding carboxylic acids is 2. The summed E-state index contributed by atoms with van der Waals surface area (Å²) in [7, 11) is 0. The van der Waals surface area contributed by atoms with E-state index in [-0.39, 0.29) is 0 Å². The van der Waals surface area contributed by atoms with Crippen molar-refractivity contribution in [2.45, 2.75) is 382 Å². The van der Waals surface area contributed by atoms with Gasteiger partial charge in [0.1, 0.15) is 293 Å². The Bertz CT molecular complexity index is 3730. The maximum Gasteiger partial charge on any atom is 0.217 e. The minimum atomic E-state index is -2.82. The lowest BCUT2D eigenvalue weighted by Crippen LogP contribution is -2.71. The zero-order valence-corrected chi connectivity index (χ0v) is 73.4. The van der Waals surface area contributed by atoms with E-state index in [2.05, 4.69) is 10.6 Å². The third kappa shape index (κ3) is 24.5. The van der Waals surface area contributed by atoms with E-state index >= 15 is 0 Å². The second-order valence-electron chi connectivity index (χ2n) is 35.2. The molecule has 12 aliphatic rings. The fourth-order valence-electron chi connectivity index (χ4n) is 17.9. The second kappa shape index (κ2) is 49.8. The fraction of sp³-hybridized carbons (Fsp3) is 0.974. The smallest absolute Gasteiger partial charge is 0.217 e. The Morgan fingerprint density at radius 2 is 0.403 bits per heavy atom. The highest BCUT2D eigenvalue weighted by atomic mass is 16.8. The van der Waals surface area contributed by atoms with Crippen LogP contribution in [-0.4, -0.2) is 643 Å². The van der Waals surface area contributed by atoms with Gasteiger partial charge in [-0.15, -0.1) is 0 Å². The minimum Gasteiger partial charge on any atom is -0.394 e. The predicted octanol–water partition coefficient (Wildman–Crippen LogP) is -26.9. The van der Waals surface area contributed by atoms with Crippen LogP contribution in [0.2, 0.25) is 0 Å². The van der Waals surface area contributed by atoms with Gasteiger partial charge in [-0.05, 0) is 0 Å². The van der Waals surface area contributed by atoms with Crippen molar-refractivity contribution in [3.63, 3.8) is 0 Å². The van der Waals surface area contributed by atoms with Crippen molar-refractivity contribution >= 4 is 11.8 Å². The Kier molecular flexibility index (Phi) is 41.0. The van der Waals surface area contributed by atoms with Gasteiger partial charge in [-0.3, -0.25) is 9.59 Å². The molecule has 63 heteroatoms. The van der Waals surface area contributed by atoms with Gasteiger partial charge in [0.05, 0.1) is 79.3 Å². The summed E-state index contributed by atoms with van der Waals surface area (Å²) in [5.74, 6) is -1.88. The van der Waals surface area contributed by atoms with Crippen molar-refractivity contribution in [1.82, 2.24) is 10.6 Å². The summed E-state index contributed by atoms with van der Waals surface area (Å²) < 4.78 is 136. The van der Waals surface area contributed by atoms with E-state index in [0.717, 1.165) is 13.8 Å². The number of amides is 2. The highest BCUT2D eigenvalue weighted by Gasteiger charge is 2.64. The van der Waals surface area contributed by atoms with Crippen LogP contribution in [-0.2, 0) is 119 Å². The van der Waals surface area contributed by atoms with Gasteiger partial charge in [0.25, 0.3) is 0 Å². The molecule has 2 amide bonds. The van der Waals surface area contributed by atoms with E-state index in [4.69, 9.17) is 109 Å². The van der Waals surface area contributed by atoms with Crippen LogP contribution in [0, 0.1) is 0 Å². The number of aliphatic hydroxyl groups is 36. The largest absolute Gasteiger partial charge is 0.394 e. The molecular weight excluding hydrogens is 1920 g/mol. The minimum absolute atomic E-state index is 0.847. The lowest BCUT2D eigenvalue weighted by molar-refractivity contribution is -0.422. The van der Waals surface area contributed by atoms with Crippen LogP contribution >= 0.6 is 0 Å². The summed E-state index contributed by atoms with van der Waals surface area (Å²) >= 11 is 0. The molecule has 808 valence electrons. The van der Waals surface area contributed by atoms with E-state index in [9.17, 15) is 193 Å². The quantitative estimate of drug-likeness (QED) is 0.0277. The molecule has 12 aliphatic heterocycles. The molecule has 139 heavy (non-hydrogen) atoms. The first-order valence-electron chi connectivity index (χ1n) is 44.2. The van der Waals surface area contributed by atoms with Crippen LogP contribution < -0.4 is 10.6 Å². The van der Waals surface area contributed by atoms with Crippen molar-refractivity contribution in [3.05, 3.63) is 0 Å². The van der Waals surface area contributed by atoms with Gasteiger partial charge < -0.3 is 303 Å². The van der Waals surface area contributed by atoms with Gasteiger partial charge in [-0.1, -0.05) is 0 Å². The molecule has 0 radical (unpaired) electrons. The Morgan fingerprint density at radius 3 is 0.763 bits per heavy atom. The standard InChI is InChI=1S/C76H128N2O61/c1-15(89)77-29-41(101)56(25(11-87)119-65(29)116)131-66-30(78-16(2)90)42(102)57(26(12-88)128-66)132-73-55(115)60(40(100)28(130-73)14-118-68-54(114)59(134-70-50(110)44(104)32(92)18(4-80)122-70)39(99)27(129-68)13-117-67-53(113)58(37(97)23(9-85)120-67)133-69-49(109)43(103)31(91)17(3-79)121-69)135-76-64(61(38(98)24(10-86)127-76)136-71-51(111)45(105)33(93)19(5-81)123-71)139-75-63(48(108)36(96)22(8-84)126-75)138-74-62(47(107)35(95)21(7-83)125-74)137-72-52(112)46(106)34(94)20(6-82)124-72/h17-76,79-88,91-116H,3-14H2,1-2H3,(H,77,89)(H,78,90)/t17-,18-,19-,20-,21-,22-,23-,24-,25-,26-,27-,28-,29-,30-,31-,32-,33-,34-,35-,36-,37-,38-,39-,40-,41-,42-,43+,44+,45+,46+,47+,48+,49+,50+,51+,52+,53+,54+,55+,56-,57-,58+,59+,60+,61+,62+,63+,64+,65-,66+,67+,68+,69-,70-,71-,72-,73+,74-,75-,76-/m1/s1. The Labute approximate surface area is 784 Å². The SMILES string of the molecule is CC(=O)N[C@@H]1[C@@H](O)[C@H](O[C@@H]2O[C@H](CO)[C@@H](O[C@@H]3O[C@H](CO[C@H]4O[C@H](CO[C@H]5O[C@H](CO)[C@@H](O)[C@H](O[C@H]6O[C@H](CO)[C@@H](O)[C@H](O)[C@@H]6O)[C@@H]5O)[C@@H](O)[C@H](O[C@H]5O[C@H](CO)[C@@H](O)[C@H](O)[C@@H]5O)[C@@H]4O)[C@@H](O)[C@H](O[C@H]4O[C@H](CO)[C@@H](O)[C@H](O[C@H]5O[C@H](CO)[C@@H](O)[C@H](O)[C@@H]5O)[C@@H]4O[C@H]4O[C@H](CO)[C@@H](O)[C@H](O)[C@@H]4O[C@H]4O[C@H](CO)[C@@H](O)[C@H](O)[C@@H]4O[C@H]4O[C@H](CO)[C@@H](O)[C@H](O)[C@@H]4O)[C@@H]3O)[C@H](O)[C@H]2NC(C)=O)[C@@H](CO)O[C@H]1O. The van der Waals surface area contributed by atoms with E-state index in [1.54, 1.807) is 0 Å². The molecule has 12 saturated heterocycles. The highest BCUT2D eigenvalue weighted by molar-refractivity contribution is 5.73. The van der Waals surface area contributed by atoms with Crippen LogP contribution in [0.1, 0.15) is 13.8 Å². The molecule has 38 N–H and O–H groups in total. The summed E-state index contributed by atoms with van der Waals surface area (Å²) in [6.07, 6.45) is -132. The predicted molar refractivity (Wildman–Crippen MR) is 418 cm³/mol. The average Bonchev–Trinajstić information content (AvgIpc) is 0.753. The number of aliphatic hydroxyl groups excluding tert-OH is 36. The topological polar surface area (TPSA) is 999 Å². The third-order valence-corrected chi connectivity index (χ3v) is 25.9. The molecule has 0 spiro atoms. The van der Waals surface area contributed by atoms with Crippen LogP contribution in [0.3, 0.4) is 0 Å². The molecule has 0 saturated carbocycles. The number of hydrogen-bond acceptors (Lipinski definition) is 61. The molecule has 0 aromatic heterocycles. The first-order chi connectivity index (χ1) is 65.9. The number of rotatable bonds is 36. The van der Waals surface area contributed by atoms with Crippen LogP contribution in [0.5, 0.6) is 0 Å². The van der Waals surface area contributed by atoms with Crippen molar-refractivity contribution in [2.24, 2.45) is 0 Å². The number of nitrogens with one attached hydrogen (secondary N) is 2. The molecule has 0 aromatic carbocycles. The Balaban J connectivity index is 0.931. The van der Waals surface area contributed by atoms with Crippen molar-refractivity contribution < 1.29 is 302 Å². The van der Waals surface area contributed by atoms with E-state index in [1.807, 2.05) is 0 Å². The summed E-state index contributed by atoms with van der Waals surface area (Å²) in [5.41, 5.74) is 0. The van der Waals surface area contributed by atoms with Gasteiger partial charge in [0.2, 0.25) is 11.8 Å².